The van der Waals surface area contributed by atoms with E-state index in [0.29, 0.717) is 5.69 Å². The van der Waals surface area contributed by atoms with E-state index in [-0.39, 0.29) is 5.37 Å². The van der Waals surface area contributed by atoms with Crippen LogP contribution in [0.15, 0.2) is 47.4 Å². The molecule has 8 heteroatoms. The molecule has 1 atom stereocenters. The maximum atomic E-state index is 12.1. The fourth-order valence-corrected chi connectivity index (χ4v) is 3.03. The van der Waals surface area contributed by atoms with E-state index in [1.54, 1.807) is 20.2 Å². The summed E-state index contributed by atoms with van der Waals surface area (Å²) in [6.07, 6.45) is -3.36. The Kier molecular flexibility index (Phi) is 6.19. The summed E-state index contributed by atoms with van der Waals surface area (Å²) >= 11 is 1.51. The van der Waals surface area contributed by atoms with Crippen LogP contribution in [0.4, 0.5) is 24.5 Å². The van der Waals surface area contributed by atoms with E-state index in [2.05, 4.69) is 10.6 Å². The first-order chi connectivity index (χ1) is 11.9. The van der Waals surface area contributed by atoms with Crippen molar-refractivity contribution in [2.45, 2.75) is 16.4 Å². The smallest absolute Gasteiger partial charge is 0.416 e. The second-order valence-electron chi connectivity index (χ2n) is 5.01. The lowest BCUT2D eigenvalue weighted by Crippen LogP contribution is -2.10. The van der Waals surface area contributed by atoms with Crippen molar-refractivity contribution in [3.63, 3.8) is 0 Å². The molecular formula is C17H17F3N2O2S. The monoisotopic (exact) mass is 370 g/mol. The van der Waals surface area contributed by atoms with Crippen molar-refractivity contribution in [1.82, 2.24) is 0 Å². The van der Waals surface area contributed by atoms with Gasteiger partial charge in [-0.15, -0.1) is 0 Å². The number of aldehydes is 1. The number of hydrogen-bond acceptors (Lipinski definition) is 5. The summed E-state index contributed by atoms with van der Waals surface area (Å²) in [4.78, 5) is 11.6. The zero-order valence-corrected chi connectivity index (χ0v) is 14.4. The minimum Gasteiger partial charge on any atom is -0.497 e. The van der Waals surface area contributed by atoms with Gasteiger partial charge in [-0.2, -0.15) is 13.2 Å². The van der Waals surface area contributed by atoms with E-state index in [9.17, 15) is 18.0 Å². The third-order valence-electron chi connectivity index (χ3n) is 3.34. The van der Waals surface area contributed by atoms with Crippen molar-refractivity contribution >= 4 is 29.4 Å². The highest BCUT2D eigenvalue weighted by atomic mass is 32.2. The lowest BCUT2D eigenvalue weighted by atomic mass is 10.2. The van der Waals surface area contributed by atoms with Crippen molar-refractivity contribution < 1.29 is 22.7 Å². The number of nitrogens with one attached hydrogen (secondary N) is 2. The standard InChI is InChI=1S/C9H9NO2S.C8H8F3N/c1-12-6-2-3-7-8(4-6)13-9(5-11)10-7;1-12-7-4-2-3-6(5-7)8(9,10)11/h2-5,9-10H,1H3;2-5,12H,1H3. The van der Waals surface area contributed by atoms with Gasteiger partial charge in [0.1, 0.15) is 11.1 Å². The SMILES string of the molecule is CNc1cccc(C(F)(F)F)c1.COc1ccc2c(c1)SC(C=O)N2. The maximum absolute atomic E-state index is 12.1. The molecule has 1 heterocycles. The van der Waals surface area contributed by atoms with Gasteiger partial charge < -0.3 is 20.2 Å². The molecule has 2 aromatic carbocycles. The summed E-state index contributed by atoms with van der Waals surface area (Å²) in [6.45, 7) is 0. The summed E-state index contributed by atoms with van der Waals surface area (Å²) in [6, 6.07) is 10.8. The van der Waals surface area contributed by atoms with Crippen molar-refractivity contribution in [3.8, 4) is 5.75 Å². The lowest BCUT2D eigenvalue weighted by Gasteiger charge is -2.07. The number of thioether (sulfide) groups is 1. The van der Waals surface area contributed by atoms with E-state index < -0.39 is 11.7 Å². The van der Waals surface area contributed by atoms with Crippen molar-refractivity contribution in [1.29, 1.82) is 0 Å². The molecule has 0 radical (unpaired) electrons. The second-order valence-corrected chi connectivity index (χ2v) is 6.19. The van der Waals surface area contributed by atoms with Crippen molar-refractivity contribution in [2.24, 2.45) is 0 Å². The Morgan fingerprint density at radius 2 is 2.00 bits per heavy atom. The van der Waals surface area contributed by atoms with Gasteiger partial charge in [-0.1, -0.05) is 17.8 Å². The van der Waals surface area contributed by atoms with E-state index in [1.165, 1.54) is 17.8 Å². The molecule has 2 aromatic rings. The molecule has 1 aliphatic rings. The van der Waals surface area contributed by atoms with Gasteiger partial charge in [0.25, 0.3) is 0 Å². The van der Waals surface area contributed by atoms with Crippen LogP contribution in [0.25, 0.3) is 0 Å². The third-order valence-corrected chi connectivity index (χ3v) is 4.42. The summed E-state index contributed by atoms with van der Waals surface area (Å²) in [5.74, 6) is 0.819. The number of hydrogen-bond donors (Lipinski definition) is 2. The Bertz CT molecular complexity index is 738. The van der Waals surface area contributed by atoms with Crippen LogP contribution in [0.1, 0.15) is 5.56 Å². The molecule has 1 aliphatic heterocycles. The van der Waals surface area contributed by atoms with Gasteiger partial charge in [-0.05, 0) is 36.4 Å². The molecule has 0 saturated carbocycles. The Hall–Kier alpha value is -2.35. The number of benzene rings is 2. The quantitative estimate of drug-likeness (QED) is 0.780. The topological polar surface area (TPSA) is 50.4 Å². The minimum absolute atomic E-state index is 0.151. The molecule has 134 valence electrons. The summed E-state index contributed by atoms with van der Waals surface area (Å²) < 4.78 is 41.3. The van der Waals surface area contributed by atoms with Crippen LogP contribution in [0.5, 0.6) is 5.75 Å². The molecule has 3 rings (SSSR count). The maximum Gasteiger partial charge on any atom is 0.416 e. The second kappa shape index (κ2) is 8.15. The first-order valence-electron chi connectivity index (χ1n) is 7.29. The van der Waals surface area contributed by atoms with Gasteiger partial charge in [-0.3, -0.25) is 0 Å². The highest BCUT2D eigenvalue weighted by molar-refractivity contribution is 8.01. The number of carbonyl (C=O) groups is 1. The van der Waals surface area contributed by atoms with Crippen LogP contribution in [0.3, 0.4) is 0 Å². The van der Waals surface area contributed by atoms with Gasteiger partial charge in [-0.25, -0.2) is 0 Å². The molecule has 0 aliphatic carbocycles. The molecule has 25 heavy (non-hydrogen) atoms. The van der Waals surface area contributed by atoms with Crippen LogP contribution in [-0.4, -0.2) is 25.8 Å². The average Bonchev–Trinajstić information content (AvgIpc) is 3.03. The molecule has 0 spiro atoms. The Morgan fingerprint density at radius 1 is 1.24 bits per heavy atom. The average molecular weight is 370 g/mol. The van der Waals surface area contributed by atoms with Crippen LogP contribution in [0, 0.1) is 0 Å². The zero-order chi connectivity index (χ0) is 18.4. The fourth-order valence-electron chi connectivity index (χ4n) is 2.08. The Labute approximate surface area is 147 Å². The van der Waals surface area contributed by atoms with E-state index >= 15 is 0 Å². The van der Waals surface area contributed by atoms with Crippen LogP contribution >= 0.6 is 11.8 Å². The molecule has 4 nitrogen and oxygen atoms in total. The first-order valence-corrected chi connectivity index (χ1v) is 8.17. The Morgan fingerprint density at radius 3 is 2.60 bits per heavy atom. The zero-order valence-electron chi connectivity index (χ0n) is 13.6. The number of anilines is 2. The molecule has 0 amide bonds. The van der Waals surface area contributed by atoms with Gasteiger partial charge >= 0.3 is 6.18 Å². The number of rotatable bonds is 3. The van der Waals surface area contributed by atoms with Crippen molar-refractivity contribution in [3.05, 3.63) is 48.0 Å². The largest absolute Gasteiger partial charge is 0.497 e. The van der Waals surface area contributed by atoms with Gasteiger partial charge in [0.2, 0.25) is 0 Å². The normalized spacial score (nSPS) is 15.3. The number of halogens is 3. The molecule has 0 saturated heterocycles. The predicted octanol–water partition coefficient (Wildman–Crippen LogP) is 4.48. The number of methoxy groups -OCH3 is 1. The summed E-state index contributed by atoms with van der Waals surface area (Å²) in [5, 5.41) is 5.56. The highest BCUT2D eigenvalue weighted by Gasteiger charge is 2.30. The van der Waals surface area contributed by atoms with Crippen molar-refractivity contribution in [2.75, 3.05) is 24.8 Å². The number of carbonyl (C=O) groups excluding carboxylic acids is 1. The third kappa shape index (κ3) is 5.06. The van der Waals surface area contributed by atoms with Gasteiger partial charge in [0.15, 0.2) is 6.29 Å². The predicted molar refractivity (Wildman–Crippen MR) is 93.3 cm³/mol. The fraction of sp³-hybridized carbons (Fsp3) is 0.235. The molecule has 0 fully saturated rings. The van der Waals surface area contributed by atoms with Crippen LogP contribution in [-0.2, 0) is 11.0 Å². The molecular weight excluding hydrogens is 353 g/mol. The van der Waals surface area contributed by atoms with Gasteiger partial charge in [0.05, 0.1) is 12.7 Å². The first kappa shape index (κ1) is 19.0. The highest BCUT2D eigenvalue weighted by Crippen LogP contribution is 2.39. The number of alkyl halides is 3. The van der Waals surface area contributed by atoms with E-state index in [0.717, 1.165) is 34.8 Å². The lowest BCUT2D eigenvalue weighted by molar-refractivity contribution is -0.137. The molecule has 1 unspecified atom stereocenters. The Balaban J connectivity index is 0.000000181. The summed E-state index contributed by atoms with van der Waals surface area (Å²) in [5.41, 5.74) is 0.835. The molecule has 2 N–H and O–H groups in total. The minimum atomic E-state index is -4.26. The van der Waals surface area contributed by atoms with E-state index in [4.69, 9.17) is 4.74 Å². The molecule has 0 bridgehead atoms. The van der Waals surface area contributed by atoms with Crippen LogP contribution in [0.2, 0.25) is 0 Å². The van der Waals surface area contributed by atoms with E-state index in [1.807, 2.05) is 18.2 Å². The molecule has 0 aromatic heterocycles. The van der Waals surface area contributed by atoms with Crippen LogP contribution < -0.4 is 15.4 Å². The number of fused-ring (bicyclic) bond motifs is 1. The van der Waals surface area contributed by atoms with Gasteiger partial charge in [0, 0.05) is 23.3 Å². The number of ether oxygens (including phenoxy) is 1. The summed E-state index contributed by atoms with van der Waals surface area (Å²) in [7, 11) is 3.21.